The van der Waals surface area contributed by atoms with E-state index in [0.717, 1.165) is 12.8 Å². The Balaban J connectivity index is 2.30. The van der Waals surface area contributed by atoms with E-state index in [2.05, 4.69) is 19.1 Å². The first-order chi connectivity index (χ1) is 6.61. The van der Waals surface area contributed by atoms with E-state index < -0.39 is 12.1 Å². The van der Waals surface area contributed by atoms with E-state index in [1.54, 1.807) is 6.92 Å². The molecule has 0 aromatic rings. The zero-order chi connectivity index (χ0) is 10.6. The third-order valence-electron chi connectivity index (χ3n) is 2.83. The van der Waals surface area contributed by atoms with Gasteiger partial charge >= 0.3 is 5.97 Å². The fraction of sp³-hybridized carbons (Fsp3) is 0.727. The minimum atomic E-state index is -0.885. The van der Waals surface area contributed by atoms with Gasteiger partial charge in [-0.1, -0.05) is 19.1 Å². The van der Waals surface area contributed by atoms with Gasteiger partial charge in [-0.15, -0.1) is 0 Å². The third-order valence-corrected chi connectivity index (χ3v) is 2.83. The van der Waals surface area contributed by atoms with Gasteiger partial charge < -0.3 is 9.84 Å². The van der Waals surface area contributed by atoms with Gasteiger partial charge in [0.05, 0.1) is 6.61 Å². The second-order valence-corrected chi connectivity index (χ2v) is 3.99. The van der Waals surface area contributed by atoms with Crippen LogP contribution in [0.4, 0.5) is 0 Å². The van der Waals surface area contributed by atoms with Crippen molar-refractivity contribution in [3.8, 4) is 0 Å². The maximum atomic E-state index is 10.5. The summed E-state index contributed by atoms with van der Waals surface area (Å²) in [6.45, 7) is 4.31. The molecule has 0 aliphatic heterocycles. The van der Waals surface area contributed by atoms with E-state index in [9.17, 15) is 4.79 Å². The Hall–Kier alpha value is -0.830. The third kappa shape index (κ3) is 3.14. The molecule has 1 aliphatic carbocycles. The minimum absolute atomic E-state index is 0.474. The van der Waals surface area contributed by atoms with Crippen molar-refractivity contribution in [2.45, 2.75) is 32.8 Å². The van der Waals surface area contributed by atoms with Crippen LogP contribution in [-0.4, -0.2) is 23.8 Å². The fourth-order valence-corrected chi connectivity index (χ4v) is 1.58. The van der Waals surface area contributed by atoms with Crippen LogP contribution in [0.2, 0.25) is 0 Å². The van der Waals surface area contributed by atoms with Crippen molar-refractivity contribution >= 4 is 5.97 Å². The normalized spacial score (nSPS) is 28.7. The number of ether oxygens (including phenoxy) is 1. The summed E-state index contributed by atoms with van der Waals surface area (Å²) >= 11 is 0. The Bertz CT molecular complexity index is 223. The lowest BCUT2D eigenvalue weighted by Gasteiger charge is -2.25. The summed E-state index contributed by atoms with van der Waals surface area (Å²) in [6.07, 6.45) is 5.73. The number of allylic oxidation sites excluding steroid dienone is 2. The summed E-state index contributed by atoms with van der Waals surface area (Å²) < 4.78 is 5.28. The Morgan fingerprint density at radius 2 is 2.21 bits per heavy atom. The predicted molar refractivity (Wildman–Crippen MR) is 54.1 cm³/mol. The van der Waals surface area contributed by atoms with Crippen LogP contribution >= 0.6 is 0 Å². The van der Waals surface area contributed by atoms with Crippen molar-refractivity contribution in [2.24, 2.45) is 11.8 Å². The van der Waals surface area contributed by atoms with Crippen molar-refractivity contribution in [3.63, 3.8) is 0 Å². The molecule has 14 heavy (non-hydrogen) atoms. The highest BCUT2D eigenvalue weighted by molar-refractivity contribution is 5.71. The number of rotatable bonds is 4. The van der Waals surface area contributed by atoms with Gasteiger partial charge in [-0.3, -0.25) is 0 Å². The second-order valence-electron chi connectivity index (χ2n) is 3.99. The maximum Gasteiger partial charge on any atom is 0.332 e. The Morgan fingerprint density at radius 1 is 1.57 bits per heavy atom. The molecule has 0 aromatic carbocycles. The molecule has 0 aromatic heterocycles. The van der Waals surface area contributed by atoms with Crippen LogP contribution in [0.25, 0.3) is 0 Å². The maximum absolute atomic E-state index is 10.5. The van der Waals surface area contributed by atoms with Crippen LogP contribution in [0.1, 0.15) is 26.7 Å². The molecule has 0 amide bonds. The van der Waals surface area contributed by atoms with E-state index in [1.807, 2.05) is 0 Å². The zero-order valence-corrected chi connectivity index (χ0v) is 8.77. The first-order valence-electron chi connectivity index (χ1n) is 5.10. The molecule has 1 aliphatic rings. The molecule has 1 N–H and O–H groups in total. The van der Waals surface area contributed by atoms with Gasteiger partial charge in [0.25, 0.3) is 0 Å². The van der Waals surface area contributed by atoms with E-state index >= 15 is 0 Å². The van der Waals surface area contributed by atoms with Crippen molar-refractivity contribution in [2.75, 3.05) is 6.61 Å². The molecule has 0 heterocycles. The summed E-state index contributed by atoms with van der Waals surface area (Å²) in [4.78, 5) is 10.5. The van der Waals surface area contributed by atoms with Gasteiger partial charge in [-0.05, 0) is 31.6 Å². The molecule has 3 atom stereocenters. The van der Waals surface area contributed by atoms with Gasteiger partial charge in [-0.25, -0.2) is 4.79 Å². The lowest BCUT2D eigenvalue weighted by Crippen LogP contribution is -2.26. The van der Waals surface area contributed by atoms with Crippen molar-refractivity contribution in [1.29, 1.82) is 0 Å². The van der Waals surface area contributed by atoms with Crippen molar-refractivity contribution in [3.05, 3.63) is 12.2 Å². The summed E-state index contributed by atoms with van der Waals surface area (Å²) in [6, 6.07) is 0. The van der Waals surface area contributed by atoms with E-state index in [4.69, 9.17) is 9.84 Å². The van der Waals surface area contributed by atoms with E-state index in [1.165, 1.54) is 0 Å². The quantitative estimate of drug-likeness (QED) is 0.703. The highest BCUT2D eigenvalue weighted by atomic mass is 16.5. The number of carbonyl (C=O) groups is 1. The predicted octanol–water partition coefficient (Wildman–Crippen LogP) is 2.08. The summed E-state index contributed by atoms with van der Waals surface area (Å²) in [5.74, 6) is 0.187. The van der Waals surface area contributed by atoms with Crippen LogP contribution < -0.4 is 0 Å². The van der Waals surface area contributed by atoms with Crippen LogP contribution in [0.15, 0.2) is 12.2 Å². The standard InChI is InChI=1S/C11H18O3/c1-8-5-3-4-6-10(8)7-14-9(2)11(12)13/h3-4,8-10H,5-7H2,1-2H3,(H,12,13)/t8?,9-,10?/m0/s1. The summed E-state index contributed by atoms with van der Waals surface area (Å²) in [5, 5.41) is 8.64. The molecule has 0 radical (unpaired) electrons. The number of hydrogen-bond acceptors (Lipinski definition) is 2. The number of carboxylic acids is 1. The van der Waals surface area contributed by atoms with Crippen LogP contribution in [0.5, 0.6) is 0 Å². The number of carboxylic acid groups (broad SMARTS) is 1. The highest BCUT2D eigenvalue weighted by Gasteiger charge is 2.20. The molecule has 3 nitrogen and oxygen atoms in total. The Labute approximate surface area is 84.8 Å². The van der Waals surface area contributed by atoms with Gasteiger partial charge in [0, 0.05) is 0 Å². The van der Waals surface area contributed by atoms with Gasteiger partial charge in [0.1, 0.15) is 0 Å². The molecular weight excluding hydrogens is 180 g/mol. The second kappa shape index (κ2) is 5.15. The van der Waals surface area contributed by atoms with Crippen LogP contribution in [-0.2, 0) is 9.53 Å². The molecule has 0 saturated carbocycles. The summed E-state index contributed by atoms with van der Waals surface area (Å²) in [5.41, 5.74) is 0. The molecule has 2 unspecified atom stereocenters. The highest BCUT2D eigenvalue weighted by Crippen LogP contribution is 2.25. The summed E-state index contributed by atoms with van der Waals surface area (Å²) in [7, 11) is 0. The molecule has 0 spiro atoms. The Kier molecular flexibility index (Phi) is 4.14. The fourth-order valence-electron chi connectivity index (χ4n) is 1.58. The first kappa shape index (κ1) is 11.2. The van der Waals surface area contributed by atoms with Gasteiger partial charge in [-0.2, -0.15) is 0 Å². The van der Waals surface area contributed by atoms with Gasteiger partial charge in [0.15, 0.2) is 6.10 Å². The monoisotopic (exact) mass is 198 g/mol. The molecule has 80 valence electrons. The average Bonchev–Trinajstić information content (AvgIpc) is 2.16. The lowest BCUT2D eigenvalue weighted by atomic mass is 9.85. The molecule has 3 heteroatoms. The Morgan fingerprint density at radius 3 is 2.79 bits per heavy atom. The van der Waals surface area contributed by atoms with Crippen molar-refractivity contribution < 1.29 is 14.6 Å². The van der Waals surface area contributed by atoms with Crippen LogP contribution in [0, 0.1) is 11.8 Å². The van der Waals surface area contributed by atoms with E-state index in [-0.39, 0.29) is 0 Å². The molecule has 0 bridgehead atoms. The smallest absolute Gasteiger partial charge is 0.332 e. The number of aliphatic carboxylic acids is 1. The lowest BCUT2D eigenvalue weighted by molar-refractivity contribution is -0.150. The number of hydrogen-bond donors (Lipinski definition) is 1. The first-order valence-corrected chi connectivity index (χ1v) is 5.10. The van der Waals surface area contributed by atoms with Crippen molar-refractivity contribution in [1.82, 2.24) is 0 Å². The zero-order valence-electron chi connectivity index (χ0n) is 8.77. The SMILES string of the molecule is CC1CC=CCC1CO[C@@H](C)C(=O)O. The largest absolute Gasteiger partial charge is 0.479 e. The molecule has 0 fully saturated rings. The average molecular weight is 198 g/mol. The molecule has 1 rings (SSSR count). The van der Waals surface area contributed by atoms with Gasteiger partial charge in [0.2, 0.25) is 0 Å². The minimum Gasteiger partial charge on any atom is -0.479 e. The molecule has 0 saturated heterocycles. The topological polar surface area (TPSA) is 46.5 Å². The van der Waals surface area contributed by atoms with E-state index in [0.29, 0.717) is 18.4 Å². The molecular formula is C11H18O3. The van der Waals surface area contributed by atoms with Crippen LogP contribution in [0.3, 0.4) is 0 Å².